The van der Waals surface area contributed by atoms with Gasteiger partial charge in [-0.15, -0.1) is 0 Å². The molecule has 0 radical (unpaired) electrons. The number of phosphoric acid groups is 1. The predicted molar refractivity (Wildman–Crippen MR) is 369 cm³/mol. The van der Waals surface area contributed by atoms with Gasteiger partial charge in [-0.25, -0.2) is 4.57 Å². The first-order chi connectivity index (χ1) is 41.4. The van der Waals surface area contributed by atoms with Gasteiger partial charge in [0.25, 0.3) is 0 Å². The Morgan fingerprint density at radius 1 is 0.412 bits per heavy atom. The number of rotatable bonds is 64. The van der Waals surface area contributed by atoms with Crippen LogP contribution in [0.25, 0.3) is 0 Å². The van der Waals surface area contributed by atoms with Gasteiger partial charge < -0.3 is 19.4 Å². The number of carbonyl (C=O) groups excluding carboxylic acids is 2. The molecule has 0 aromatic carbocycles. The summed E-state index contributed by atoms with van der Waals surface area (Å²) in [4.78, 5) is 37.9. The quantitative estimate of drug-likeness (QED) is 0.0205. The Balaban J connectivity index is 5.17. The molecule has 0 aliphatic heterocycles. The summed E-state index contributed by atoms with van der Waals surface area (Å²) in [7, 11) is 1.48. The van der Waals surface area contributed by atoms with Crippen molar-refractivity contribution in [1.29, 1.82) is 0 Å². The monoisotopic (exact) mass is 1210 g/mol. The maximum Gasteiger partial charge on any atom is 0.472 e. The number of amides is 1. The molecular weight excluding hydrogens is 1070 g/mol. The number of likely N-dealkylation sites (N-methyl/N-ethyl adjacent to an activating group) is 1. The second kappa shape index (κ2) is 63.9. The number of quaternary nitrogens is 1. The number of phosphoric ester groups is 1. The minimum atomic E-state index is -4.46. The zero-order valence-corrected chi connectivity index (χ0v) is 57.2. The molecule has 0 aliphatic rings. The van der Waals surface area contributed by atoms with E-state index in [0.29, 0.717) is 17.4 Å². The molecule has 85 heavy (non-hydrogen) atoms. The molecule has 0 bridgehead atoms. The highest BCUT2D eigenvalue weighted by molar-refractivity contribution is 7.47. The molecule has 1 amide bonds. The van der Waals surface area contributed by atoms with Crippen LogP contribution in [0.15, 0.2) is 97.2 Å². The van der Waals surface area contributed by atoms with Gasteiger partial charge in [0.15, 0.2) is 0 Å². The molecule has 10 heteroatoms. The number of carbonyl (C=O) groups is 2. The molecular formula is C75H136N2O7P+. The lowest BCUT2D eigenvalue weighted by atomic mass is 10.0. The van der Waals surface area contributed by atoms with Gasteiger partial charge in [0, 0.05) is 12.8 Å². The molecule has 0 aromatic rings. The summed E-state index contributed by atoms with van der Waals surface area (Å²) in [5.74, 6) is -0.518. The van der Waals surface area contributed by atoms with Gasteiger partial charge in [-0.2, -0.15) is 0 Å². The minimum absolute atomic E-state index is 0.0335. The van der Waals surface area contributed by atoms with Gasteiger partial charge in [-0.1, -0.05) is 285 Å². The van der Waals surface area contributed by atoms with Crippen LogP contribution in [0.1, 0.15) is 316 Å². The van der Waals surface area contributed by atoms with Crippen molar-refractivity contribution < 1.29 is 37.3 Å². The van der Waals surface area contributed by atoms with Gasteiger partial charge in [-0.05, 0) is 115 Å². The van der Waals surface area contributed by atoms with Crippen molar-refractivity contribution in [1.82, 2.24) is 5.32 Å². The first kappa shape index (κ1) is 81.9. The number of nitrogens with zero attached hydrogens (tertiary/aromatic N) is 1. The van der Waals surface area contributed by atoms with E-state index in [9.17, 15) is 19.0 Å². The topological polar surface area (TPSA) is 111 Å². The van der Waals surface area contributed by atoms with Crippen LogP contribution in [-0.4, -0.2) is 74.3 Å². The summed E-state index contributed by atoms with van der Waals surface area (Å²) in [5.41, 5.74) is 0. The largest absolute Gasteiger partial charge is 0.472 e. The fourth-order valence-electron chi connectivity index (χ4n) is 9.99. The molecule has 0 aliphatic carbocycles. The van der Waals surface area contributed by atoms with Gasteiger partial charge in [-0.3, -0.25) is 18.6 Å². The predicted octanol–water partition coefficient (Wildman–Crippen LogP) is 22.7. The number of ether oxygens (including phenoxy) is 1. The molecule has 492 valence electrons. The summed E-state index contributed by atoms with van der Waals surface area (Å²) >= 11 is 0. The SMILES string of the molecule is CCCCC/C=C\C/C=C\C/C=C\C/C=C\CCCCCCCCCC(=O)NC(COP(=O)(O)OCC[N+](C)(C)C)C(/C=C/CCCCCCCCCCCCC)OC(=O)CCCCCCCCCCCC/C=C\C/C=C\C/C=C\CCCCC. The number of nitrogens with one attached hydrogen (secondary N) is 1. The lowest BCUT2D eigenvalue weighted by Gasteiger charge is -2.27. The van der Waals surface area contributed by atoms with E-state index in [4.69, 9.17) is 13.8 Å². The van der Waals surface area contributed by atoms with Crippen LogP contribution in [0.2, 0.25) is 0 Å². The Labute approximate surface area is 526 Å². The molecule has 0 spiro atoms. The molecule has 0 saturated carbocycles. The molecule has 2 N–H and O–H groups in total. The third-order valence-corrected chi connectivity index (χ3v) is 16.5. The molecule has 0 fully saturated rings. The number of unbranched alkanes of at least 4 members (excludes halogenated alkanes) is 34. The first-order valence-electron chi connectivity index (χ1n) is 35.6. The summed E-state index contributed by atoms with van der Waals surface area (Å²) < 4.78 is 30.8. The van der Waals surface area contributed by atoms with Crippen molar-refractivity contribution in [3.63, 3.8) is 0 Å². The second-order valence-electron chi connectivity index (χ2n) is 25.0. The zero-order chi connectivity index (χ0) is 62.1. The lowest BCUT2D eigenvalue weighted by molar-refractivity contribution is -0.870. The highest BCUT2D eigenvalue weighted by Gasteiger charge is 2.30. The van der Waals surface area contributed by atoms with Crippen LogP contribution in [0.3, 0.4) is 0 Å². The van der Waals surface area contributed by atoms with Crippen LogP contribution in [-0.2, 0) is 27.9 Å². The standard InChI is InChI=1S/C75H135N2O7P/c1-7-10-13-16-19-22-25-28-30-32-34-36-38-40-42-44-46-49-52-55-58-61-64-67-74(78)76-72(71-83-85(80,81)82-70-69-77(4,5)6)73(66-63-60-57-54-51-48-27-24-21-18-15-12-9-3)84-75(79)68-65-62-59-56-53-50-47-45-43-41-39-37-35-33-31-29-26-23-20-17-14-11-8-2/h19-20,22-23,28-31,34-37,40,42,63,66,72-73H,7-18,21,24-27,32-33,38-39,41,43-62,64-65,67-71H2,1-6H3,(H-,76,78,80,81)/p+1/b22-19-,23-20-,30-28-,31-29-,36-34-,37-35-,42-40-,66-63+. The van der Waals surface area contributed by atoms with Crippen molar-refractivity contribution in [2.45, 2.75) is 328 Å². The van der Waals surface area contributed by atoms with Crippen LogP contribution < -0.4 is 5.32 Å². The summed E-state index contributed by atoms with van der Waals surface area (Å²) in [6.45, 7) is 6.97. The van der Waals surface area contributed by atoms with Crippen molar-refractivity contribution >= 4 is 19.7 Å². The molecule has 0 saturated heterocycles. The van der Waals surface area contributed by atoms with Gasteiger partial charge in [0.05, 0.1) is 33.8 Å². The summed E-state index contributed by atoms with van der Waals surface area (Å²) in [5, 5.41) is 3.07. The van der Waals surface area contributed by atoms with Gasteiger partial charge in [0.2, 0.25) is 5.91 Å². The van der Waals surface area contributed by atoms with Gasteiger partial charge >= 0.3 is 13.8 Å². The maximum atomic E-state index is 13.6. The maximum absolute atomic E-state index is 13.6. The van der Waals surface area contributed by atoms with E-state index in [1.807, 2.05) is 33.3 Å². The zero-order valence-electron chi connectivity index (χ0n) is 56.3. The third kappa shape index (κ3) is 65.2. The van der Waals surface area contributed by atoms with E-state index >= 15 is 0 Å². The number of hydrogen-bond acceptors (Lipinski definition) is 6. The van der Waals surface area contributed by atoms with Gasteiger partial charge in [0.1, 0.15) is 19.3 Å². The summed E-state index contributed by atoms with van der Waals surface area (Å²) in [6, 6.07) is -0.863. The van der Waals surface area contributed by atoms with E-state index < -0.39 is 20.0 Å². The number of esters is 1. The van der Waals surface area contributed by atoms with E-state index in [-0.39, 0.29) is 31.5 Å². The Bertz CT molecular complexity index is 1780. The molecule has 0 heterocycles. The fraction of sp³-hybridized carbons (Fsp3) is 0.760. The minimum Gasteiger partial charge on any atom is -0.456 e. The average Bonchev–Trinajstić information content (AvgIpc) is 3.52. The smallest absolute Gasteiger partial charge is 0.456 e. The molecule has 0 rings (SSSR count). The van der Waals surface area contributed by atoms with Crippen LogP contribution in [0.5, 0.6) is 0 Å². The highest BCUT2D eigenvalue weighted by Crippen LogP contribution is 2.43. The Morgan fingerprint density at radius 3 is 1.09 bits per heavy atom. The Hall–Kier alpha value is -3.07. The molecule has 3 unspecified atom stereocenters. The number of allylic oxidation sites excluding steroid dienone is 15. The molecule has 3 atom stereocenters. The highest BCUT2D eigenvalue weighted by atomic mass is 31.2. The van der Waals surface area contributed by atoms with Crippen molar-refractivity contribution in [3.05, 3.63) is 97.2 Å². The van der Waals surface area contributed by atoms with Crippen molar-refractivity contribution in [3.8, 4) is 0 Å². The van der Waals surface area contributed by atoms with Crippen molar-refractivity contribution in [2.24, 2.45) is 0 Å². The van der Waals surface area contributed by atoms with E-state index in [1.54, 1.807) is 0 Å². The second-order valence-corrected chi connectivity index (χ2v) is 26.5. The normalized spacial score (nSPS) is 14.1. The fourth-order valence-corrected chi connectivity index (χ4v) is 10.7. The average molecular weight is 1210 g/mol. The van der Waals surface area contributed by atoms with E-state index in [0.717, 1.165) is 103 Å². The lowest BCUT2D eigenvalue weighted by Crippen LogP contribution is -2.47. The third-order valence-electron chi connectivity index (χ3n) is 15.5. The van der Waals surface area contributed by atoms with Crippen LogP contribution in [0, 0.1) is 0 Å². The Morgan fingerprint density at radius 2 is 0.718 bits per heavy atom. The number of hydrogen-bond donors (Lipinski definition) is 2. The summed E-state index contributed by atoms with van der Waals surface area (Å²) in [6.07, 6.45) is 86.9. The molecule has 9 nitrogen and oxygen atoms in total. The van der Waals surface area contributed by atoms with Crippen molar-refractivity contribution in [2.75, 3.05) is 40.9 Å². The Kier molecular flexibility index (Phi) is 61.6. The first-order valence-corrected chi connectivity index (χ1v) is 37.1. The molecule has 0 aromatic heterocycles. The van der Waals surface area contributed by atoms with E-state index in [1.165, 1.54) is 180 Å². The van der Waals surface area contributed by atoms with E-state index in [2.05, 4.69) is 111 Å². The van der Waals surface area contributed by atoms with Crippen LogP contribution in [0.4, 0.5) is 0 Å². The van der Waals surface area contributed by atoms with Crippen LogP contribution >= 0.6 is 7.82 Å².